The van der Waals surface area contributed by atoms with E-state index in [-0.39, 0.29) is 0 Å². The second-order valence-electron chi connectivity index (χ2n) is 3.63. The Hall–Kier alpha value is -1.06. The van der Waals surface area contributed by atoms with Gasteiger partial charge in [0.15, 0.2) is 0 Å². The van der Waals surface area contributed by atoms with Crippen LogP contribution >= 0.6 is 0 Å². The Kier molecular flexibility index (Phi) is 14.1. The second-order valence-corrected chi connectivity index (χ2v) is 3.63. The maximum absolute atomic E-state index is 10.0. The Morgan fingerprint density at radius 1 is 1.20 bits per heavy atom. The average Bonchev–Trinajstić information content (AvgIpc) is 2.18. The normalized spacial score (nSPS) is 8.73. The van der Waals surface area contributed by atoms with Crippen LogP contribution in [0.15, 0.2) is 0 Å². The molecule has 0 aromatic rings. The van der Waals surface area contributed by atoms with Crippen molar-refractivity contribution in [2.75, 3.05) is 14.1 Å². The van der Waals surface area contributed by atoms with Gasteiger partial charge in [-0.1, -0.05) is 32.6 Å². The van der Waals surface area contributed by atoms with Gasteiger partial charge in [0.25, 0.3) is 0 Å². The van der Waals surface area contributed by atoms with Crippen LogP contribution in [-0.2, 0) is 9.59 Å². The minimum atomic E-state index is -0.670. The SMILES string of the molecule is CCCCCCCC(=O)O.CN(C)C=O. The Morgan fingerprint density at radius 3 is 2.00 bits per heavy atom. The minimum absolute atomic E-state index is 0.337. The highest BCUT2D eigenvalue weighted by Gasteiger charge is 1.94. The lowest BCUT2D eigenvalue weighted by Gasteiger charge is -1.95. The molecule has 1 amide bonds. The molecule has 0 aliphatic carbocycles. The molecule has 0 rings (SSSR count). The number of nitrogens with zero attached hydrogens (tertiary/aromatic N) is 1. The molecule has 15 heavy (non-hydrogen) atoms. The number of hydrogen-bond donors (Lipinski definition) is 1. The van der Waals surface area contributed by atoms with Crippen LogP contribution in [-0.4, -0.2) is 36.5 Å². The Bertz CT molecular complexity index is 158. The van der Waals surface area contributed by atoms with E-state index in [1.807, 2.05) is 0 Å². The molecule has 0 heterocycles. The van der Waals surface area contributed by atoms with Crippen LogP contribution < -0.4 is 0 Å². The third-order valence-corrected chi connectivity index (χ3v) is 1.71. The summed E-state index contributed by atoms with van der Waals surface area (Å²) in [4.78, 5) is 20.9. The van der Waals surface area contributed by atoms with Gasteiger partial charge in [0.1, 0.15) is 0 Å². The zero-order valence-corrected chi connectivity index (χ0v) is 10.0. The van der Waals surface area contributed by atoms with Crippen LogP contribution in [0.3, 0.4) is 0 Å². The van der Waals surface area contributed by atoms with E-state index in [0.717, 1.165) is 19.3 Å². The summed E-state index contributed by atoms with van der Waals surface area (Å²) in [5.41, 5.74) is 0. The molecule has 1 N–H and O–H groups in total. The zero-order valence-electron chi connectivity index (χ0n) is 10.0. The number of amides is 1. The molecule has 0 spiro atoms. The van der Waals surface area contributed by atoms with Gasteiger partial charge in [-0.05, 0) is 6.42 Å². The molecule has 4 heteroatoms. The lowest BCUT2D eigenvalue weighted by atomic mass is 10.1. The van der Waals surface area contributed by atoms with Crippen molar-refractivity contribution in [2.24, 2.45) is 0 Å². The maximum Gasteiger partial charge on any atom is 0.303 e. The molecule has 0 radical (unpaired) electrons. The molecule has 0 bridgehead atoms. The Labute approximate surface area is 92.3 Å². The summed E-state index contributed by atoms with van der Waals surface area (Å²) >= 11 is 0. The van der Waals surface area contributed by atoms with Gasteiger partial charge in [0.05, 0.1) is 0 Å². The molecule has 4 nitrogen and oxygen atoms in total. The van der Waals surface area contributed by atoms with E-state index < -0.39 is 5.97 Å². The number of unbranched alkanes of at least 4 members (excludes halogenated alkanes) is 4. The van der Waals surface area contributed by atoms with Gasteiger partial charge in [-0.2, -0.15) is 0 Å². The van der Waals surface area contributed by atoms with Crippen molar-refractivity contribution in [3.8, 4) is 0 Å². The predicted octanol–water partition coefficient (Wildman–Crippen LogP) is 2.14. The summed E-state index contributed by atoms with van der Waals surface area (Å²) in [6.45, 7) is 2.15. The van der Waals surface area contributed by atoms with Gasteiger partial charge < -0.3 is 10.0 Å². The molecule has 0 aliphatic rings. The fourth-order valence-electron chi connectivity index (χ4n) is 0.880. The quantitative estimate of drug-likeness (QED) is 0.525. The van der Waals surface area contributed by atoms with E-state index in [1.54, 1.807) is 14.1 Å². The van der Waals surface area contributed by atoms with Gasteiger partial charge in [0, 0.05) is 20.5 Å². The Morgan fingerprint density at radius 2 is 1.67 bits per heavy atom. The lowest BCUT2D eigenvalue weighted by Crippen LogP contribution is -2.06. The van der Waals surface area contributed by atoms with Crippen LogP contribution in [0.1, 0.15) is 45.4 Å². The topological polar surface area (TPSA) is 57.6 Å². The van der Waals surface area contributed by atoms with E-state index in [0.29, 0.717) is 6.42 Å². The van der Waals surface area contributed by atoms with Crippen molar-refractivity contribution in [2.45, 2.75) is 45.4 Å². The van der Waals surface area contributed by atoms with Gasteiger partial charge in [-0.3, -0.25) is 9.59 Å². The van der Waals surface area contributed by atoms with E-state index in [2.05, 4.69) is 6.92 Å². The van der Waals surface area contributed by atoms with Crippen molar-refractivity contribution in [1.29, 1.82) is 0 Å². The summed E-state index contributed by atoms with van der Waals surface area (Å²) in [6.07, 6.45) is 6.63. The smallest absolute Gasteiger partial charge is 0.303 e. The summed E-state index contributed by atoms with van der Waals surface area (Å²) < 4.78 is 0. The monoisotopic (exact) mass is 217 g/mol. The van der Waals surface area contributed by atoms with Gasteiger partial charge in [0.2, 0.25) is 6.41 Å². The largest absolute Gasteiger partial charge is 0.481 e. The minimum Gasteiger partial charge on any atom is -0.481 e. The summed E-state index contributed by atoms with van der Waals surface area (Å²) in [7, 11) is 3.38. The predicted molar refractivity (Wildman–Crippen MR) is 60.8 cm³/mol. The summed E-state index contributed by atoms with van der Waals surface area (Å²) in [6, 6.07) is 0. The highest BCUT2D eigenvalue weighted by molar-refractivity contribution is 5.66. The molecule has 0 unspecified atom stereocenters. The third kappa shape index (κ3) is 24.6. The molecule has 0 saturated carbocycles. The highest BCUT2D eigenvalue weighted by atomic mass is 16.4. The van der Waals surface area contributed by atoms with E-state index in [1.165, 1.54) is 24.2 Å². The van der Waals surface area contributed by atoms with Gasteiger partial charge in [-0.25, -0.2) is 0 Å². The van der Waals surface area contributed by atoms with Crippen molar-refractivity contribution in [3.05, 3.63) is 0 Å². The van der Waals surface area contributed by atoms with Crippen LogP contribution in [0.2, 0.25) is 0 Å². The number of hydrogen-bond acceptors (Lipinski definition) is 2. The van der Waals surface area contributed by atoms with Crippen molar-refractivity contribution < 1.29 is 14.7 Å². The third-order valence-electron chi connectivity index (χ3n) is 1.71. The number of carbonyl (C=O) groups is 2. The lowest BCUT2D eigenvalue weighted by molar-refractivity contribution is -0.137. The van der Waals surface area contributed by atoms with Crippen LogP contribution in [0.5, 0.6) is 0 Å². The van der Waals surface area contributed by atoms with Crippen molar-refractivity contribution in [1.82, 2.24) is 4.90 Å². The van der Waals surface area contributed by atoms with E-state index in [9.17, 15) is 9.59 Å². The standard InChI is InChI=1S/C8H16O2.C3H7NO/c1-2-3-4-5-6-7-8(9)10;1-4(2)3-5/h2-7H2,1H3,(H,9,10);3H,1-2H3. The first-order valence-corrected chi connectivity index (χ1v) is 5.38. The molecule has 0 aromatic heterocycles. The van der Waals surface area contributed by atoms with Crippen LogP contribution in [0.4, 0.5) is 0 Å². The second kappa shape index (κ2) is 12.9. The molecule has 0 aliphatic heterocycles. The number of carbonyl (C=O) groups excluding carboxylic acids is 1. The number of carboxylic acids is 1. The first-order chi connectivity index (χ1) is 7.04. The first-order valence-electron chi connectivity index (χ1n) is 5.38. The average molecular weight is 217 g/mol. The Balaban J connectivity index is 0. The molecule has 90 valence electrons. The van der Waals surface area contributed by atoms with Crippen molar-refractivity contribution >= 4 is 12.4 Å². The summed E-state index contributed by atoms with van der Waals surface area (Å²) in [5.74, 6) is -0.670. The fourth-order valence-corrected chi connectivity index (χ4v) is 0.880. The highest BCUT2D eigenvalue weighted by Crippen LogP contribution is 2.04. The molecule has 0 aromatic carbocycles. The molecule has 0 saturated heterocycles. The van der Waals surface area contributed by atoms with Crippen molar-refractivity contribution in [3.63, 3.8) is 0 Å². The van der Waals surface area contributed by atoms with E-state index in [4.69, 9.17) is 5.11 Å². The zero-order chi connectivity index (χ0) is 12.1. The molecule has 0 atom stereocenters. The first kappa shape index (κ1) is 16.4. The van der Waals surface area contributed by atoms with Gasteiger partial charge >= 0.3 is 5.97 Å². The van der Waals surface area contributed by atoms with E-state index >= 15 is 0 Å². The molecular weight excluding hydrogens is 194 g/mol. The molecular formula is C11H23NO3. The maximum atomic E-state index is 10.0. The molecule has 0 fully saturated rings. The van der Waals surface area contributed by atoms with Crippen LogP contribution in [0, 0.1) is 0 Å². The number of carboxylic acid groups (broad SMARTS) is 1. The number of rotatable bonds is 7. The summed E-state index contributed by atoms with van der Waals surface area (Å²) in [5, 5.41) is 8.27. The van der Waals surface area contributed by atoms with Gasteiger partial charge in [-0.15, -0.1) is 0 Å². The number of aliphatic carboxylic acids is 1. The fraction of sp³-hybridized carbons (Fsp3) is 0.818. The van der Waals surface area contributed by atoms with Crippen LogP contribution in [0.25, 0.3) is 0 Å².